The predicted molar refractivity (Wildman–Crippen MR) is 78.4 cm³/mol. The lowest BCUT2D eigenvalue weighted by atomic mass is 10.2. The Bertz CT molecular complexity index is 591. The molecule has 0 amide bonds. The molecular formula is C16H19N3. The summed E-state index contributed by atoms with van der Waals surface area (Å²) >= 11 is 0. The topological polar surface area (TPSA) is 28.2 Å². The average molecular weight is 253 g/mol. The number of benzene rings is 1. The molecule has 1 aliphatic heterocycles. The van der Waals surface area contributed by atoms with Crippen LogP contribution in [0, 0.1) is 0 Å². The number of aromatic nitrogens is 1. The summed E-state index contributed by atoms with van der Waals surface area (Å²) in [6.45, 7) is 2.43. The van der Waals surface area contributed by atoms with Crippen molar-refractivity contribution in [1.82, 2.24) is 9.88 Å². The van der Waals surface area contributed by atoms with Gasteiger partial charge in [-0.05, 0) is 37.5 Å². The Balaban J connectivity index is 1.48. The second kappa shape index (κ2) is 4.49. The van der Waals surface area contributed by atoms with E-state index in [9.17, 15) is 0 Å². The highest BCUT2D eigenvalue weighted by molar-refractivity contribution is 5.80. The number of fused-ring (bicyclic) bond motifs is 1. The molecule has 0 spiro atoms. The molecule has 1 atom stereocenters. The molecule has 2 heterocycles. The van der Waals surface area contributed by atoms with Crippen molar-refractivity contribution in [2.24, 2.45) is 0 Å². The van der Waals surface area contributed by atoms with Crippen molar-refractivity contribution >= 4 is 16.7 Å². The number of para-hydroxylation sites is 1. The summed E-state index contributed by atoms with van der Waals surface area (Å²) in [6, 6.07) is 14.0. The van der Waals surface area contributed by atoms with Gasteiger partial charge in [0.05, 0.1) is 5.52 Å². The van der Waals surface area contributed by atoms with E-state index in [1.54, 1.807) is 0 Å². The third-order valence-corrected chi connectivity index (χ3v) is 4.23. The SMILES string of the molecule is c1ccc2nc(NC3CCN(C4CC4)C3)ccc2c1. The lowest BCUT2D eigenvalue weighted by Crippen LogP contribution is -2.27. The molecule has 1 aromatic carbocycles. The van der Waals surface area contributed by atoms with Gasteiger partial charge in [0, 0.05) is 30.6 Å². The van der Waals surface area contributed by atoms with Gasteiger partial charge in [0.1, 0.15) is 5.82 Å². The van der Waals surface area contributed by atoms with E-state index < -0.39 is 0 Å². The molecule has 2 fully saturated rings. The van der Waals surface area contributed by atoms with Crippen molar-refractivity contribution in [2.75, 3.05) is 18.4 Å². The molecule has 2 aliphatic rings. The van der Waals surface area contributed by atoms with Gasteiger partial charge < -0.3 is 5.32 Å². The molecule has 1 N–H and O–H groups in total. The summed E-state index contributed by atoms with van der Waals surface area (Å²) in [6.07, 6.45) is 4.05. The third kappa shape index (κ3) is 2.30. The molecule has 0 radical (unpaired) electrons. The first kappa shape index (κ1) is 11.2. The highest BCUT2D eigenvalue weighted by atomic mass is 15.2. The maximum Gasteiger partial charge on any atom is 0.126 e. The normalized spacial score (nSPS) is 23.9. The van der Waals surface area contributed by atoms with Crippen LogP contribution in [0.1, 0.15) is 19.3 Å². The highest BCUT2D eigenvalue weighted by Gasteiger charge is 2.34. The van der Waals surface area contributed by atoms with Gasteiger partial charge in [-0.15, -0.1) is 0 Å². The monoisotopic (exact) mass is 253 g/mol. The Morgan fingerprint density at radius 3 is 2.84 bits per heavy atom. The van der Waals surface area contributed by atoms with Crippen molar-refractivity contribution in [3.63, 3.8) is 0 Å². The minimum atomic E-state index is 0.564. The molecule has 3 heteroatoms. The number of hydrogen-bond acceptors (Lipinski definition) is 3. The van der Waals surface area contributed by atoms with Crippen LogP contribution in [0.3, 0.4) is 0 Å². The van der Waals surface area contributed by atoms with Gasteiger partial charge in [0.2, 0.25) is 0 Å². The average Bonchev–Trinajstić information content (AvgIpc) is 3.20. The fourth-order valence-electron chi connectivity index (χ4n) is 3.03. The molecule has 1 aliphatic carbocycles. The largest absolute Gasteiger partial charge is 0.366 e. The molecule has 98 valence electrons. The van der Waals surface area contributed by atoms with Crippen molar-refractivity contribution in [3.8, 4) is 0 Å². The highest BCUT2D eigenvalue weighted by Crippen LogP contribution is 2.30. The fourth-order valence-corrected chi connectivity index (χ4v) is 3.03. The van der Waals surface area contributed by atoms with Crippen LogP contribution >= 0.6 is 0 Å². The molecule has 19 heavy (non-hydrogen) atoms. The van der Waals surface area contributed by atoms with Crippen molar-refractivity contribution in [2.45, 2.75) is 31.3 Å². The van der Waals surface area contributed by atoms with E-state index in [-0.39, 0.29) is 0 Å². The number of pyridine rings is 1. The number of nitrogens with zero attached hydrogens (tertiary/aromatic N) is 2. The van der Waals surface area contributed by atoms with Crippen molar-refractivity contribution in [1.29, 1.82) is 0 Å². The van der Waals surface area contributed by atoms with Crippen LogP contribution in [0.5, 0.6) is 0 Å². The zero-order valence-corrected chi connectivity index (χ0v) is 11.0. The summed E-state index contributed by atoms with van der Waals surface area (Å²) in [7, 11) is 0. The van der Waals surface area contributed by atoms with E-state index in [2.05, 4.69) is 40.5 Å². The molecular weight excluding hydrogens is 234 g/mol. The number of hydrogen-bond donors (Lipinski definition) is 1. The Labute approximate surface area is 113 Å². The second-order valence-electron chi connectivity index (χ2n) is 5.75. The van der Waals surface area contributed by atoms with Crippen LogP contribution in [0.25, 0.3) is 10.9 Å². The van der Waals surface area contributed by atoms with E-state index in [0.29, 0.717) is 6.04 Å². The number of likely N-dealkylation sites (tertiary alicyclic amines) is 1. The van der Waals surface area contributed by atoms with Gasteiger partial charge in [0.25, 0.3) is 0 Å². The first-order valence-corrected chi connectivity index (χ1v) is 7.25. The zero-order valence-electron chi connectivity index (χ0n) is 11.0. The Morgan fingerprint density at radius 1 is 1.05 bits per heavy atom. The van der Waals surface area contributed by atoms with Gasteiger partial charge in [-0.2, -0.15) is 0 Å². The smallest absolute Gasteiger partial charge is 0.126 e. The number of nitrogens with one attached hydrogen (secondary N) is 1. The van der Waals surface area contributed by atoms with Crippen molar-refractivity contribution in [3.05, 3.63) is 36.4 Å². The summed E-state index contributed by atoms with van der Waals surface area (Å²) in [4.78, 5) is 7.32. The summed E-state index contributed by atoms with van der Waals surface area (Å²) in [5, 5.41) is 4.80. The molecule has 1 unspecified atom stereocenters. The minimum Gasteiger partial charge on any atom is -0.366 e. The van der Waals surface area contributed by atoms with E-state index in [1.807, 2.05) is 6.07 Å². The Morgan fingerprint density at radius 2 is 1.95 bits per heavy atom. The fraction of sp³-hybridized carbons (Fsp3) is 0.438. The minimum absolute atomic E-state index is 0.564. The third-order valence-electron chi connectivity index (χ3n) is 4.23. The molecule has 1 saturated carbocycles. The summed E-state index contributed by atoms with van der Waals surface area (Å²) < 4.78 is 0. The van der Waals surface area contributed by atoms with Gasteiger partial charge in [-0.3, -0.25) is 4.90 Å². The quantitative estimate of drug-likeness (QED) is 0.911. The van der Waals surface area contributed by atoms with E-state index in [0.717, 1.165) is 17.4 Å². The molecule has 2 aromatic rings. The Kier molecular flexibility index (Phi) is 2.66. The van der Waals surface area contributed by atoms with Crippen LogP contribution in [-0.2, 0) is 0 Å². The van der Waals surface area contributed by atoms with Crippen LogP contribution in [-0.4, -0.2) is 35.1 Å². The maximum atomic E-state index is 4.69. The maximum absolute atomic E-state index is 4.69. The summed E-state index contributed by atoms with van der Waals surface area (Å²) in [5.74, 6) is 1.02. The van der Waals surface area contributed by atoms with E-state index in [4.69, 9.17) is 4.98 Å². The number of anilines is 1. The lowest BCUT2D eigenvalue weighted by Gasteiger charge is -2.16. The van der Waals surface area contributed by atoms with E-state index in [1.165, 1.54) is 37.7 Å². The molecule has 1 saturated heterocycles. The van der Waals surface area contributed by atoms with Gasteiger partial charge in [0.15, 0.2) is 0 Å². The molecule has 4 rings (SSSR count). The predicted octanol–water partition coefficient (Wildman–Crippen LogP) is 2.88. The Hall–Kier alpha value is -1.61. The first-order valence-electron chi connectivity index (χ1n) is 7.25. The molecule has 0 bridgehead atoms. The van der Waals surface area contributed by atoms with Crippen LogP contribution < -0.4 is 5.32 Å². The van der Waals surface area contributed by atoms with Gasteiger partial charge in [-0.1, -0.05) is 18.2 Å². The number of rotatable bonds is 3. The second-order valence-corrected chi connectivity index (χ2v) is 5.75. The standard InChI is InChI=1S/C16H19N3/c1-2-4-15-12(3-1)5-8-16(18-15)17-13-9-10-19(11-13)14-6-7-14/h1-5,8,13-14H,6-7,9-11H2,(H,17,18). The summed E-state index contributed by atoms with van der Waals surface area (Å²) in [5.41, 5.74) is 1.07. The van der Waals surface area contributed by atoms with Gasteiger partial charge >= 0.3 is 0 Å². The van der Waals surface area contributed by atoms with Crippen molar-refractivity contribution < 1.29 is 0 Å². The lowest BCUT2D eigenvalue weighted by molar-refractivity contribution is 0.326. The van der Waals surface area contributed by atoms with Crippen LogP contribution in [0.2, 0.25) is 0 Å². The molecule has 3 nitrogen and oxygen atoms in total. The van der Waals surface area contributed by atoms with Gasteiger partial charge in [-0.25, -0.2) is 4.98 Å². The van der Waals surface area contributed by atoms with Crippen LogP contribution in [0.15, 0.2) is 36.4 Å². The molecule has 1 aromatic heterocycles. The van der Waals surface area contributed by atoms with E-state index >= 15 is 0 Å². The first-order chi connectivity index (χ1) is 9.38. The van der Waals surface area contributed by atoms with Crippen LogP contribution in [0.4, 0.5) is 5.82 Å². The zero-order chi connectivity index (χ0) is 12.7.